The van der Waals surface area contributed by atoms with Crippen molar-refractivity contribution in [1.82, 2.24) is 5.32 Å². The predicted molar refractivity (Wildman–Crippen MR) is 39.3 cm³/mol. The minimum atomic E-state index is -1.06. The van der Waals surface area contributed by atoms with Crippen LogP contribution in [0.4, 0.5) is 0 Å². The summed E-state index contributed by atoms with van der Waals surface area (Å²) in [6, 6.07) is 0. The van der Waals surface area contributed by atoms with Crippen molar-refractivity contribution in [1.29, 1.82) is 0 Å². The fourth-order valence-corrected chi connectivity index (χ4v) is 1.35. The SMILES string of the molecule is O=C(O)C1(CO)CCCCN1. The molecule has 11 heavy (non-hydrogen) atoms. The molecule has 0 bridgehead atoms. The largest absolute Gasteiger partial charge is 0.480 e. The Hall–Kier alpha value is -0.610. The maximum absolute atomic E-state index is 10.7. The first kappa shape index (κ1) is 8.49. The van der Waals surface area contributed by atoms with Crippen LogP contribution in [-0.2, 0) is 4.79 Å². The van der Waals surface area contributed by atoms with E-state index in [9.17, 15) is 4.79 Å². The summed E-state index contributed by atoms with van der Waals surface area (Å²) in [7, 11) is 0. The Labute approximate surface area is 65.2 Å². The van der Waals surface area contributed by atoms with Crippen LogP contribution >= 0.6 is 0 Å². The highest BCUT2D eigenvalue weighted by atomic mass is 16.4. The molecule has 0 aromatic heterocycles. The summed E-state index contributed by atoms with van der Waals surface area (Å²) >= 11 is 0. The Kier molecular flexibility index (Phi) is 2.46. The minimum Gasteiger partial charge on any atom is -0.480 e. The zero-order chi connectivity index (χ0) is 8.32. The Morgan fingerprint density at radius 1 is 1.55 bits per heavy atom. The van der Waals surface area contributed by atoms with Crippen molar-refractivity contribution in [2.24, 2.45) is 0 Å². The van der Waals surface area contributed by atoms with E-state index in [1.165, 1.54) is 0 Å². The van der Waals surface area contributed by atoms with Gasteiger partial charge in [-0.05, 0) is 25.8 Å². The van der Waals surface area contributed by atoms with Crippen molar-refractivity contribution < 1.29 is 15.0 Å². The third-order valence-corrected chi connectivity index (χ3v) is 2.17. The van der Waals surface area contributed by atoms with Crippen LogP contribution in [0.15, 0.2) is 0 Å². The molecule has 0 aliphatic carbocycles. The molecule has 0 radical (unpaired) electrons. The first-order valence-electron chi connectivity index (χ1n) is 3.80. The molecule has 1 aliphatic rings. The van der Waals surface area contributed by atoms with Crippen molar-refractivity contribution in [2.45, 2.75) is 24.8 Å². The van der Waals surface area contributed by atoms with Crippen LogP contribution in [0.25, 0.3) is 0 Å². The van der Waals surface area contributed by atoms with E-state index in [-0.39, 0.29) is 6.61 Å². The zero-order valence-electron chi connectivity index (χ0n) is 6.34. The van der Waals surface area contributed by atoms with Gasteiger partial charge >= 0.3 is 5.97 Å². The summed E-state index contributed by atoms with van der Waals surface area (Å²) in [5, 5.41) is 20.5. The second kappa shape index (κ2) is 3.19. The molecule has 1 saturated heterocycles. The van der Waals surface area contributed by atoms with Gasteiger partial charge in [-0.25, -0.2) is 0 Å². The van der Waals surface area contributed by atoms with Crippen molar-refractivity contribution in [2.75, 3.05) is 13.2 Å². The van der Waals surface area contributed by atoms with Crippen molar-refractivity contribution in [3.05, 3.63) is 0 Å². The number of aliphatic carboxylic acids is 1. The molecule has 0 amide bonds. The Balaban J connectivity index is 2.64. The quantitative estimate of drug-likeness (QED) is 0.511. The fourth-order valence-electron chi connectivity index (χ4n) is 1.35. The Morgan fingerprint density at radius 3 is 2.55 bits per heavy atom. The highest BCUT2D eigenvalue weighted by molar-refractivity contribution is 5.79. The van der Waals surface area contributed by atoms with E-state index in [0.29, 0.717) is 13.0 Å². The number of aliphatic hydroxyl groups excluding tert-OH is 1. The van der Waals surface area contributed by atoms with Gasteiger partial charge in [0.25, 0.3) is 0 Å². The van der Waals surface area contributed by atoms with Crippen LogP contribution in [0.5, 0.6) is 0 Å². The smallest absolute Gasteiger partial charge is 0.326 e. The molecular weight excluding hydrogens is 146 g/mol. The number of rotatable bonds is 2. The first-order valence-corrected chi connectivity index (χ1v) is 3.80. The number of carboxylic acid groups (broad SMARTS) is 1. The molecule has 4 nitrogen and oxygen atoms in total. The lowest BCUT2D eigenvalue weighted by atomic mass is 9.90. The van der Waals surface area contributed by atoms with E-state index >= 15 is 0 Å². The molecule has 1 atom stereocenters. The summed E-state index contributed by atoms with van der Waals surface area (Å²) in [4.78, 5) is 10.7. The van der Waals surface area contributed by atoms with E-state index in [1.807, 2.05) is 0 Å². The minimum absolute atomic E-state index is 0.317. The lowest BCUT2D eigenvalue weighted by molar-refractivity contribution is -0.147. The van der Waals surface area contributed by atoms with Gasteiger partial charge in [0.1, 0.15) is 5.54 Å². The number of carbonyl (C=O) groups is 1. The lowest BCUT2D eigenvalue weighted by Gasteiger charge is -2.32. The third-order valence-electron chi connectivity index (χ3n) is 2.17. The topological polar surface area (TPSA) is 69.6 Å². The van der Waals surface area contributed by atoms with E-state index in [4.69, 9.17) is 10.2 Å². The van der Waals surface area contributed by atoms with Crippen LogP contribution < -0.4 is 5.32 Å². The monoisotopic (exact) mass is 159 g/mol. The van der Waals surface area contributed by atoms with Gasteiger partial charge in [-0.2, -0.15) is 0 Å². The molecule has 1 aliphatic heterocycles. The van der Waals surface area contributed by atoms with Gasteiger partial charge in [-0.1, -0.05) is 0 Å². The summed E-state index contributed by atoms with van der Waals surface area (Å²) < 4.78 is 0. The van der Waals surface area contributed by atoms with E-state index in [1.54, 1.807) is 0 Å². The molecule has 1 fully saturated rings. The average Bonchev–Trinajstić information content (AvgIpc) is 2.05. The highest BCUT2D eigenvalue weighted by Gasteiger charge is 2.38. The van der Waals surface area contributed by atoms with Gasteiger partial charge in [0.05, 0.1) is 6.61 Å². The van der Waals surface area contributed by atoms with Gasteiger partial charge in [-0.3, -0.25) is 10.1 Å². The van der Waals surface area contributed by atoms with Gasteiger partial charge in [0.15, 0.2) is 0 Å². The third kappa shape index (κ3) is 1.52. The lowest BCUT2D eigenvalue weighted by Crippen LogP contribution is -2.57. The number of nitrogens with one attached hydrogen (secondary N) is 1. The normalized spacial score (nSPS) is 31.7. The molecule has 0 aromatic rings. The summed E-state index contributed by atoms with van der Waals surface area (Å²) in [6.45, 7) is 0.370. The molecule has 0 spiro atoms. The molecule has 3 N–H and O–H groups in total. The Morgan fingerprint density at radius 2 is 2.27 bits per heavy atom. The van der Waals surface area contributed by atoms with E-state index < -0.39 is 11.5 Å². The van der Waals surface area contributed by atoms with Gasteiger partial charge < -0.3 is 10.2 Å². The van der Waals surface area contributed by atoms with Crippen LogP contribution in [0.2, 0.25) is 0 Å². The first-order chi connectivity index (χ1) is 5.21. The molecule has 1 unspecified atom stereocenters. The number of hydrogen-bond acceptors (Lipinski definition) is 3. The molecule has 0 aromatic carbocycles. The maximum Gasteiger partial charge on any atom is 0.326 e. The Bertz CT molecular complexity index is 152. The van der Waals surface area contributed by atoms with Crippen molar-refractivity contribution in [3.63, 3.8) is 0 Å². The average molecular weight is 159 g/mol. The fraction of sp³-hybridized carbons (Fsp3) is 0.857. The summed E-state index contributed by atoms with van der Waals surface area (Å²) in [5.41, 5.74) is -1.06. The van der Waals surface area contributed by atoms with Gasteiger partial charge in [0.2, 0.25) is 0 Å². The number of carboxylic acids is 1. The molecule has 1 rings (SSSR count). The standard InChI is InChI=1S/C7H13NO3/c9-5-7(6(10)11)3-1-2-4-8-7/h8-9H,1-5H2,(H,10,11). The molecule has 4 heteroatoms. The molecule has 0 saturated carbocycles. The molecule has 64 valence electrons. The van der Waals surface area contributed by atoms with Crippen LogP contribution in [0.1, 0.15) is 19.3 Å². The van der Waals surface area contributed by atoms with Crippen LogP contribution in [0, 0.1) is 0 Å². The molecular formula is C7H13NO3. The summed E-state index contributed by atoms with van der Waals surface area (Å²) in [6.07, 6.45) is 2.40. The summed E-state index contributed by atoms with van der Waals surface area (Å²) in [5.74, 6) is -0.945. The van der Waals surface area contributed by atoms with E-state index in [0.717, 1.165) is 12.8 Å². The zero-order valence-corrected chi connectivity index (χ0v) is 6.34. The molecule has 1 heterocycles. The van der Waals surface area contributed by atoms with Gasteiger partial charge in [0, 0.05) is 0 Å². The van der Waals surface area contributed by atoms with Crippen molar-refractivity contribution in [3.8, 4) is 0 Å². The maximum atomic E-state index is 10.7. The number of piperidine rings is 1. The second-order valence-corrected chi connectivity index (χ2v) is 2.93. The number of aliphatic hydroxyl groups is 1. The van der Waals surface area contributed by atoms with Gasteiger partial charge in [-0.15, -0.1) is 0 Å². The second-order valence-electron chi connectivity index (χ2n) is 2.93. The predicted octanol–water partition coefficient (Wildman–Crippen LogP) is -0.424. The van der Waals surface area contributed by atoms with E-state index in [2.05, 4.69) is 5.32 Å². The van der Waals surface area contributed by atoms with Crippen LogP contribution in [0.3, 0.4) is 0 Å². The van der Waals surface area contributed by atoms with Crippen LogP contribution in [-0.4, -0.2) is 34.9 Å². The highest BCUT2D eigenvalue weighted by Crippen LogP contribution is 2.18. The number of hydrogen-bond donors (Lipinski definition) is 3. The van der Waals surface area contributed by atoms with Crippen molar-refractivity contribution >= 4 is 5.97 Å².